The maximum atomic E-state index is 10.1. The topological polar surface area (TPSA) is 32.3 Å². The fourth-order valence-electron chi connectivity index (χ4n) is 1.28. The number of hydrogen-bond donors (Lipinski definition) is 2. The number of rotatable bonds is 4. The number of likely N-dealkylation sites (N-methyl/N-ethyl adjacent to an activating group) is 1. The molecule has 0 heterocycles. The number of hydrogen-bond acceptors (Lipinski definition) is 2. The summed E-state index contributed by atoms with van der Waals surface area (Å²) in [6.45, 7) is 5.29. The van der Waals surface area contributed by atoms with Gasteiger partial charge in [-0.05, 0) is 31.2 Å². The van der Waals surface area contributed by atoms with Crippen LogP contribution in [0.4, 0.5) is 0 Å². The molecule has 0 bridgehead atoms. The average Bonchev–Trinajstić information content (AvgIpc) is 2.16. The third-order valence-corrected chi connectivity index (χ3v) is 2.71. The minimum absolute atomic E-state index is 0.575. The van der Waals surface area contributed by atoms with Crippen molar-refractivity contribution in [3.8, 4) is 0 Å². The van der Waals surface area contributed by atoms with Crippen molar-refractivity contribution in [1.29, 1.82) is 0 Å². The van der Waals surface area contributed by atoms with Gasteiger partial charge in [-0.25, -0.2) is 0 Å². The molecular weight excluding hydrogens is 242 g/mol. The van der Waals surface area contributed by atoms with Crippen molar-refractivity contribution < 1.29 is 5.11 Å². The number of aliphatic hydroxyl groups is 1. The molecule has 0 aromatic heterocycles. The standard InChI is InChI=1S/C11H16BrNO/c1-3-13-8-11(2,14)9-4-6-10(12)7-5-9/h4-7,13-14H,3,8H2,1-2H3. The van der Waals surface area contributed by atoms with E-state index in [1.807, 2.05) is 38.1 Å². The van der Waals surface area contributed by atoms with E-state index >= 15 is 0 Å². The van der Waals surface area contributed by atoms with Crippen molar-refractivity contribution in [1.82, 2.24) is 5.32 Å². The van der Waals surface area contributed by atoms with E-state index in [1.165, 1.54) is 0 Å². The summed E-state index contributed by atoms with van der Waals surface area (Å²) in [6.07, 6.45) is 0. The van der Waals surface area contributed by atoms with Crippen molar-refractivity contribution >= 4 is 15.9 Å². The Morgan fingerprint density at radius 2 is 1.93 bits per heavy atom. The molecule has 1 rings (SSSR count). The molecule has 1 atom stereocenters. The molecule has 3 heteroatoms. The highest BCUT2D eigenvalue weighted by Crippen LogP contribution is 2.21. The quantitative estimate of drug-likeness (QED) is 0.868. The van der Waals surface area contributed by atoms with Crippen molar-refractivity contribution in [2.75, 3.05) is 13.1 Å². The third kappa shape index (κ3) is 3.08. The predicted octanol–water partition coefficient (Wildman–Crippen LogP) is 2.27. The van der Waals surface area contributed by atoms with Crippen molar-refractivity contribution in [2.45, 2.75) is 19.4 Å². The Morgan fingerprint density at radius 1 is 1.36 bits per heavy atom. The smallest absolute Gasteiger partial charge is 0.0992 e. The summed E-state index contributed by atoms with van der Waals surface area (Å²) in [6, 6.07) is 7.74. The summed E-state index contributed by atoms with van der Waals surface area (Å²) in [7, 11) is 0. The van der Waals surface area contributed by atoms with Crippen LogP contribution >= 0.6 is 15.9 Å². The largest absolute Gasteiger partial charge is 0.384 e. The molecule has 14 heavy (non-hydrogen) atoms. The molecule has 0 aliphatic heterocycles. The van der Waals surface area contributed by atoms with Crippen LogP contribution in [0.15, 0.2) is 28.7 Å². The number of benzene rings is 1. The normalized spacial score (nSPS) is 15.1. The second-order valence-corrected chi connectivity index (χ2v) is 4.48. The Hall–Kier alpha value is -0.380. The van der Waals surface area contributed by atoms with Gasteiger partial charge in [-0.2, -0.15) is 0 Å². The summed E-state index contributed by atoms with van der Waals surface area (Å²) in [4.78, 5) is 0. The Morgan fingerprint density at radius 3 is 2.43 bits per heavy atom. The molecule has 0 spiro atoms. The molecule has 0 saturated carbocycles. The average molecular weight is 258 g/mol. The van der Waals surface area contributed by atoms with Gasteiger partial charge < -0.3 is 10.4 Å². The van der Waals surface area contributed by atoms with Gasteiger partial charge in [0.2, 0.25) is 0 Å². The van der Waals surface area contributed by atoms with Crippen LogP contribution in [0.5, 0.6) is 0 Å². The van der Waals surface area contributed by atoms with Crippen LogP contribution in [-0.2, 0) is 5.60 Å². The van der Waals surface area contributed by atoms with E-state index in [0.29, 0.717) is 6.54 Å². The van der Waals surface area contributed by atoms with Crippen LogP contribution < -0.4 is 5.32 Å². The molecule has 2 nitrogen and oxygen atoms in total. The fraction of sp³-hybridized carbons (Fsp3) is 0.455. The van der Waals surface area contributed by atoms with Crippen LogP contribution in [0.3, 0.4) is 0 Å². The summed E-state index contributed by atoms with van der Waals surface area (Å²) in [5.74, 6) is 0. The van der Waals surface area contributed by atoms with Gasteiger partial charge >= 0.3 is 0 Å². The minimum atomic E-state index is -0.795. The van der Waals surface area contributed by atoms with E-state index in [4.69, 9.17) is 0 Å². The van der Waals surface area contributed by atoms with E-state index in [9.17, 15) is 5.11 Å². The van der Waals surface area contributed by atoms with Gasteiger partial charge in [-0.15, -0.1) is 0 Å². The molecular formula is C11H16BrNO. The van der Waals surface area contributed by atoms with Crippen LogP contribution in [0, 0.1) is 0 Å². The molecule has 0 aliphatic carbocycles. The first-order valence-corrected chi connectivity index (χ1v) is 5.54. The molecule has 1 aromatic carbocycles. The lowest BCUT2D eigenvalue weighted by atomic mass is 9.96. The maximum Gasteiger partial charge on any atom is 0.0992 e. The Balaban J connectivity index is 2.75. The lowest BCUT2D eigenvalue weighted by Gasteiger charge is -2.24. The van der Waals surface area contributed by atoms with Gasteiger partial charge in [0, 0.05) is 11.0 Å². The molecule has 0 fully saturated rings. The van der Waals surface area contributed by atoms with E-state index in [0.717, 1.165) is 16.6 Å². The fourth-order valence-corrected chi connectivity index (χ4v) is 1.54. The van der Waals surface area contributed by atoms with Crippen LogP contribution in [0.2, 0.25) is 0 Å². The minimum Gasteiger partial charge on any atom is -0.384 e. The van der Waals surface area contributed by atoms with Crippen molar-refractivity contribution in [3.05, 3.63) is 34.3 Å². The summed E-state index contributed by atoms with van der Waals surface area (Å²) in [5.41, 5.74) is 0.137. The van der Waals surface area contributed by atoms with Gasteiger partial charge in [0.1, 0.15) is 0 Å². The van der Waals surface area contributed by atoms with Gasteiger partial charge in [0.15, 0.2) is 0 Å². The summed E-state index contributed by atoms with van der Waals surface area (Å²) in [5, 5.41) is 13.3. The summed E-state index contributed by atoms with van der Waals surface area (Å²) < 4.78 is 1.03. The van der Waals surface area contributed by atoms with E-state index in [2.05, 4.69) is 21.2 Å². The van der Waals surface area contributed by atoms with Gasteiger partial charge in [-0.1, -0.05) is 35.0 Å². The Kier molecular flexibility index (Phi) is 4.11. The second-order valence-electron chi connectivity index (χ2n) is 3.56. The van der Waals surface area contributed by atoms with Crippen molar-refractivity contribution in [3.63, 3.8) is 0 Å². The van der Waals surface area contributed by atoms with Crippen molar-refractivity contribution in [2.24, 2.45) is 0 Å². The Labute approximate surface area is 93.5 Å². The highest BCUT2D eigenvalue weighted by Gasteiger charge is 2.21. The number of halogens is 1. The third-order valence-electron chi connectivity index (χ3n) is 2.19. The molecule has 78 valence electrons. The van der Waals surface area contributed by atoms with E-state index < -0.39 is 5.60 Å². The number of nitrogens with one attached hydrogen (secondary N) is 1. The highest BCUT2D eigenvalue weighted by molar-refractivity contribution is 9.10. The highest BCUT2D eigenvalue weighted by atomic mass is 79.9. The molecule has 0 radical (unpaired) electrons. The zero-order chi connectivity index (χ0) is 10.6. The molecule has 1 unspecified atom stereocenters. The zero-order valence-corrected chi connectivity index (χ0v) is 10.1. The van der Waals surface area contributed by atoms with Gasteiger partial charge in [-0.3, -0.25) is 0 Å². The first-order chi connectivity index (χ1) is 6.56. The predicted molar refractivity (Wildman–Crippen MR) is 62.3 cm³/mol. The van der Waals surface area contributed by atoms with E-state index in [-0.39, 0.29) is 0 Å². The lowest BCUT2D eigenvalue weighted by Crippen LogP contribution is -2.35. The first kappa shape index (κ1) is 11.7. The first-order valence-electron chi connectivity index (χ1n) is 4.75. The Bertz CT molecular complexity index is 282. The van der Waals surface area contributed by atoms with Crippen LogP contribution in [-0.4, -0.2) is 18.2 Å². The zero-order valence-electron chi connectivity index (χ0n) is 8.55. The molecule has 0 aliphatic rings. The van der Waals surface area contributed by atoms with Crippen LogP contribution in [0.1, 0.15) is 19.4 Å². The molecule has 0 saturated heterocycles. The van der Waals surface area contributed by atoms with Gasteiger partial charge in [0.05, 0.1) is 5.60 Å². The van der Waals surface area contributed by atoms with E-state index in [1.54, 1.807) is 0 Å². The van der Waals surface area contributed by atoms with Gasteiger partial charge in [0.25, 0.3) is 0 Å². The SMILES string of the molecule is CCNCC(C)(O)c1ccc(Br)cc1. The van der Waals surface area contributed by atoms with Crippen LogP contribution in [0.25, 0.3) is 0 Å². The molecule has 2 N–H and O–H groups in total. The molecule has 1 aromatic rings. The molecule has 0 amide bonds. The maximum absolute atomic E-state index is 10.1. The summed E-state index contributed by atoms with van der Waals surface area (Å²) >= 11 is 3.37. The lowest BCUT2D eigenvalue weighted by molar-refractivity contribution is 0.0576. The monoisotopic (exact) mass is 257 g/mol. The second kappa shape index (κ2) is 4.91.